The molecule has 1 fully saturated rings. The first-order valence-corrected chi connectivity index (χ1v) is 8.09. The third-order valence-corrected chi connectivity index (χ3v) is 4.20. The highest BCUT2D eigenvalue weighted by atomic mass is 19.4. The van der Waals surface area contributed by atoms with E-state index in [1.54, 1.807) is 0 Å². The Balaban J connectivity index is 1.89. The molecule has 28 heavy (non-hydrogen) atoms. The Kier molecular flexibility index (Phi) is 5.03. The monoisotopic (exact) mass is 410 g/mol. The van der Waals surface area contributed by atoms with Gasteiger partial charge >= 0.3 is 12.4 Å². The molecule has 0 amide bonds. The SMILES string of the molecule is FC1(F)CN(C/C=C\n2cccc2-c2cc(C(F)(F)F)cc(C(F)(F)F)c2)C1. The first-order valence-electron chi connectivity index (χ1n) is 8.09. The summed E-state index contributed by atoms with van der Waals surface area (Å²) in [5.74, 6) is -2.72. The molecule has 0 unspecified atom stereocenters. The lowest BCUT2D eigenvalue weighted by Gasteiger charge is -2.37. The van der Waals surface area contributed by atoms with E-state index in [9.17, 15) is 35.1 Å². The summed E-state index contributed by atoms with van der Waals surface area (Å²) in [5, 5.41) is 0. The molecule has 0 spiro atoms. The standard InChI is InChI=1S/C18H14F8N2/c19-16(20)10-27(11-16)4-2-6-28-5-1-3-15(28)12-7-13(17(21,22)23)9-14(8-12)18(24,25)26/h1-3,5-9H,4,10-11H2/b6-2-. The van der Waals surface area contributed by atoms with Crippen LogP contribution in [0, 0.1) is 0 Å². The highest BCUT2D eigenvalue weighted by Gasteiger charge is 2.43. The molecule has 1 aromatic carbocycles. The number of likely N-dealkylation sites (tertiary alicyclic amines) is 1. The van der Waals surface area contributed by atoms with Crippen molar-refractivity contribution in [1.29, 1.82) is 0 Å². The van der Waals surface area contributed by atoms with Gasteiger partial charge in [0, 0.05) is 18.9 Å². The van der Waals surface area contributed by atoms with E-state index >= 15 is 0 Å². The van der Waals surface area contributed by atoms with Crippen LogP contribution in [-0.2, 0) is 12.4 Å². The molecular weight excluding hydrogens is 396 g/mol. The average Bonchev–Trinajstić information content (AvgIpc) is 2.99. The summed E-state index contributed by atoms with van der Waals surface area (Å²) in [6.45, 7) is -0.597. The molecule has 3 rings (SSSR count). The van der Waals surface area contributed by atoms with Crippen molar-refractivity contribution < 1.29 is 35.1 Å². The van der Waals surface area contributed by atoms with Gasteiger partial charge in [-0.25, -0.2) is 8.78 Å². The summed E-state index contributed by atoms with van der Waals surface area (Å²) >= 11 is 0. The van der Waals surface area contributed by atoms with Gasteiger partial charge in [0.05, 0.1) is 29.9 Å². The van der Waals surface area contributed by atoms with Crippen molar-refractivity contribution >= 4 is 6.20 Å². The number of alkyl halides is 8. The van der Waals surface area contributed by atoms with Crippen LogP contribution in [0.4, 0.5) is 35.1 Å². The maximum atomic E-state index is 13.0. The summed E-state index contributed by atoms with van der Waals surface area (Å²) in [7, 11) is 0. The van der Waals surface area contributed by atoms with Gasteiger partial charge in [-0.1, -0.05) is 6.08 Å². The minimum atomic E-state index is -4.94. The highest BCUT2D eigenvalue weighted by molar-refractivity contribution is 5.65. The number of hydrogen-bond donors (Lipinski definition) is 0. The summed E-state index contributed by atoms with van der Waals surface area (Å²) in [6, 6.07) is 4.19. The van der Waals surface area contributed by atoms with Gasteiger partial charge in [0.25, 0.3) is 5.92 Å². The summed E-state index contributed by atoms with van der Waals surface area (Å²) in [5.41, 5.74) is -2.96. The molecule has 2 nitrogen and oxygen atoms in total. The smallest absolute Gasteiger partial charge is 0.324 e. The van der Waals surface area contributed by atoms with E-state index in [1.165, 1.54) is 40.1 Å². The van der Waals surface area contributed by atoms with Crippen molar-refractivity contribution in [1.82, 2.24) is 9.47 Å². The maximum Gasteiger partial charge on any atom is 0.416 e. The maximum absolute atomic E-state index is 13.0. The summed E-state index contributed by atoms with van der Waals surface area (Å²) in [6.07, 6.45) is -5.50. The van der Waals surface area contributed by atoms with Crippen LogP contribution in [0.1, 0.15) is 11.1 Å². The number of hydrogen-bond acceptors (Lipinski definition) is 1. The van der Waals surface area contributed by atoms with Gasteiger partial charge < -0.3 is 4.57 Å². The van der Waals surface area contributed by atoms with E-state index in [2.05, 4.69) is 0 Å². The molecular formula is C18H14F8N2. The second-order valence-electron chi connectivity index (χ2n) is 6.51. The Morgan fingerprint density at radius 2 is 1.50 bits per heavy atom. The van der Waals surface area contributed by atoms with Gasteiger partial charge in [-0.3, -0.25) is 4.90 Å². The van der Waals surface area contributed by atoms with E-state index in [0.29, 0.717) is 12.1 Å². The molecule has 1 aliphatic rings. The molecule has 152 valence electrons. The van der Waals surface area contributed by atoms with Gasteiger partial charge in [0.15, 0.2) is 0 Å². The minimum absolute atomic E-state index is 0.0661. The van der Waals surface area contributed by atoms with Crippen LogP contribution in [0.5, 0.6) is 0 Å². The largest absolute Gasteiger partial charge is 0.416 e. The van der Waals surface area contributed by atoms with Crippen molar-refractivity contribution in [2.24, 2.45) is 0 Å². The zero-order valence-electron chi connectivity index (χ0n) is 14.2. The van der Waals surface area contributed by atoms with Gasteiger partial charge in [-0.15, -0.1) is 0 Å². The Morgan fingerprint density at radius 3 is 2.00 bits per heavy atom. The first kappa shape index (κ1) is 20.4. The molecule has 2 aromatic rings. The molecule has 1 aromatic heterocycles. The van der Waals surface area contributed by atoms with Crippen LogP contribution in [0.15, 0.2) is 42.6 Å². The zero-order valence-corrected chi connectivity index (χ0v) is 14.2. The fourth-order valence-corrected chi connectivity index (χ4v) is 2.92. The number of halogens is 8. The molecule has 0 saturated carbocycles. The fourth-order valence-electron chi connectivity index (χ4n) is 2.92. The predicted octanol–water partition coefficient (Wildman–Crippen LogP) is 5.61. The summed E-state index contributed by atoms with van der Waals surface area (Å²) in [4.78, 5) is 1.45. The van der Waals surface area contributed by atoms with Crippen LogP contribution in [-0.4, -0.2) is 35.0 Å². The summed E-state index contributed by atoms with van der Waals surface area (Å²) < 4.78 is 105. The molecule has 0 bridgehead atoms. The molecule has 0 N–H and O–H groups in total. The molecule has 0 aliphatic carbocycles. The predicted molar refractivity (Wildman–Crippen MR) is 86.6 cm³/mol. The van der Waals surface area contributed by atoms with Crippen LogP contribution in [0.2, 0.25) is 0 Å². The lowest BCUT2D eigenvalue weighted by atomic mass is 10.0. The van der Waals surface area contributed by atoms with Gasteiger partial charge in [0.1, 0.15) is 0 Å². The van der Waals surface area contributed by atoms with Crippen molar-refractivity contribution in [2.75, 3.05) is 19.6 Å². The van der Waals surface area contributed by atoms with E-state index < -0.39 is 42.5 Å². The second kappa shape index (κ2) is 6.91. The molecule has 2 heterocycles. The molecule has 0 radical (unpaired) electrons. The number of rotatable bonds is 4. The number of nitrogens with zero attached hydrogens (tertiary/aromatic N) is 2. The third kappa shape index (κ3) is 4.54. The third-order valence-electron chi connectivity index (χ3n) is 4.20. The fraction of sp³-hybridized carbons (Fsp3) is 0.333. The van der Waals surface area contributed by atoms with Crippen molar-refractivity contribution in [3.8, 4) is 11.3 Å². The van der Waals surface area contributed by atoms with Crippen LogP contribution in [0.3, 0.4) is 0 Å². The van der Waals surface area contributed by atoms with Gasteiger partial charge in [-0.05, 0) is 35.9 Å². The topological polar surface area (TPSA) is 8.17 Å². The minimum Gasteiger partial charge on any atom is -0.324 e. The lowest BCUT2D eigenvalue weighted by Crippen LogP contribution is -2.55. The van der Waals surface area contributed by atoms with Crippen LogP contribution < -0.4 is 0 Å². The van der Waals surface area contributed by atoms with Crippen molar-refractivity contribution in [2.45, 2.75) is 18.3 Å². The molecule has 10 heteroatoms. The van der Waals surface area contributed by atoms with Crippen molar-refractivity contribution in [3.63, 3.8) is 0 Å². The van der Waals surface area contributed by atoms with E-state index in [-0.39, 0.29) is 23.9 Å². The Hall–Kier alpha value is -2.36. The Bertz CT molecular complexity index is 836. The van der Waals surface area contributed by atoms with E-state index in [4.69, 9.17) is 0 Å². The zero-order chi connectivity index (χ0) is 20.7. The molecule has 0 atom stereocenters. The van der Waals surface area contributed by atoms with Crippen LogP contribution in [0.25, 0.3) is 17.5 Å². The Morgan fingerprint density at radius 1 is 0.929 bits per heavy atom. The lowest BCUT2D eigenvalue weighted by molar-refractivity contribution is -0.143. The highest BCUT2D eigenvalue weighted by Crippen LogP contribution is 2.38. The van der Waals surface area contributed by atoms with Crippen LogP contribution >= 0.6 is 0 Å². The van der Waals surface area contributed by atoms with E-state index in [1.807, 2.05) is 0 Å². The van der Waals surface area contributed by atoms with E-state index in [0.717, 1.165) is 0 Å². The molecule has 1 aliphatic heterocycles. The normalized spacial score (nSPS) is 17.9. The molecule has 1 saturated heterocycles. The average molecular weight is 410 g/mol. The van der Waals surface area contributed by atoms with Crippen molar-refractivity contribution in [3.05, 3.63) is 53.7 Å². The number of aromatic nitrogens is 1. The first-order chi connectivity index (χ1) is 12.9. The van der Waals surface area contributed by atoms with Gasteiger partial charge in [0.2, 0.25) is 0 Å². The Labute approximate surface area is 154 Å². The number of benzene rings is 1. The quantitative estimate of drug-likeness (QED) is 0.595. The van der Waals surface area contributed by atoms with Gasteiger partial charge in [-0.2, -0.15) is 26.3 Å². The second-order valence-corrected chi connectivity index (χ2v) is 6.51.